The number of nitrogens with zero attached hydrogens (tertiary/aromatic N) is 1. The maximum absolute atomic E-state index is 12.7. The molecule has 0 N–H and O–H groups in total. The van der Waals surface area contributed by atoms with Crippen molar-refractivity contribution < 1.29 is 18.8 Å². The third-order valence-corrected chi connectivity index (χ3v) is 7.20. The van der Waals surface area contributed by atoms with Gasteiger partial charge in [-0.3, -0.25) is 4.79 Å². The van der Waals surface area contributed by atoms with Crippen LogP contribution >= 0.6 is 0 Å². The number of hydrogen-bond donors (Lipinski definition) is 0. The van der Waals surface area contributed by atoms with Crippen LogP contribution in [0.25, 0.3) is 0 Å². The summed E-state index contributed by atoms with van der Waals surface area (Å²) in [6, 6.07) is 18.6. The fraction of sp³-hybridized carbons (Fsp3) is 0.618. The van der Waals surface area contributed by atoms with Crippen LogP contribution in [-0.4, -0.2) is 37.4 Å². The molecule has 0 spiro atoms. The van der Waals surface area contributed by atoms with Crippen molar-refractivity contribution in [1.29, 1.82) is 0 Å². The Morgan fingerprint density at radius 3 is 1.87 bits per heavy atom. The largest absolute Gasteiger partial charge is 0.455 e. The number of esters is 1. The summed E-state index contributed by atoms with van der Waals surface area (Å²) in [5, 5.41) is 0. The number of carbonyl (C=O) groups is 1. The Bertz CT molecular complexity index is 878. The molecule has 2 rings (SSSR count). The first kappa shape index (κ1) is 31.9. The maximum Gasteiger partial charge on any atom is 0.317 e. The molecule has 38 heavy (non-hydrogen) atoms. The van der Waals surface area contributed by atoms with Gasteiger partial charge in [0.15, 0.2) is 0 Å². The van der Waals surface area contributed by atoms with Crippen molar-refractivity contribution in [2.75, 3.05) is 20.6 Å². The van der Waals surface area contributed by atoms with Crippen LogP contribution in [0, 0.1) is 5.92 Å². The molecule has 2 unspecified atom stereocenters. The number of quaternary nitrogens is 1. The number of rotatable bonds is 20. The number of ether oxygens (including phenoxy) is 2. The van der Waals surface area contributed by atoms with Crippen molar-refractivity contribution in [3.63, 3.8) is 0 Å². The van der Waals surface area contributed by atoms with Crippen molar-refractivity contribution in [3.05, 3.63) is 65.7 Å². The highest BCUT2D eigenvalue weighted by Gasteiger charge is 2.27. The molecule has 212 valence electrons. The molecule has 0 fully saturated rings. The lowest BCUT2D eigenvalue weighted by Gasteiger charge is -2.32. The topological polar surface area (TPSA) is 35.5 Å². The monoisotopic (exact) mass is 524 g/mol. The van der Waals surface area contributed by atoms with E-state index in [0.29, 0.717) is 6.54 Å². The molecule has 4 nitrogen and oxygen atoms in total. The minimum Gasteiger partial charge on any atom is -0.455 e. The highest BCUT2D eigenvalue weighted by molar-refractivity contribution is 5.72. The molecule has 0 aliphatic carbocycles. The summed E-state index contributed by atoms with van der Waals surface area (Å²) in [6.45, 7) is 7.57. The smallest absolute Gasteiger partial charge is 0.317 e. The molecule has 0 amide bonds. The molecule has 0 saturated carbocycles. The van der Waals surface area contributed by atoms with E-state index in [1.807, 2.05) is 25.1 Å². The van der Waals surface area contributed by atoms with E-state index in [9.17, 15) is 4.79 Å². The lowest BCUT2D eigenvalue weighted by Crippen LogP contribution is -2.44. The van der Waals surface area contributed by atoms with E-state index in [1.165, 1.54) is 81.8 Å². The number of hydrogen-bond acceptors (Lipinski definition) is 3. The lowest BCUT2D eigenvalue weighted by molar-refractivity contribution is -0.905. The van der Waals surface area contributed by atoms with Crippen molar-refractivity contribution in [2.45, 2.75) is 111 Å². The summed E-state index contributed by atoms with van der Waals surface area (Å²) in [4.78, 5) is 12.7. The molecule has 0 aromatic heterocycles. The van der Waals surface area contributed by atoms with E-state index < -0.39 is 6.29 Å². The molecule has 4 heteroatoms. The van der Waals surface area contributed by atoms with Crippen LogP contribution in [0.4, 0.5) is 0 Å². The van der Waals surface area contributed by atoms with Crippen molar-refractivity contribution in [3.8, 4) is 5.75 Å². The zero-order valence-corrected chi connectivity index (χ0v) is 24.9. The van der Waals surface area contributed by atoms with E-state index in [2.05, 4.69) is 57.4 Å². The second-order valence-electron chi connectivity index (χ2n) is 11.7. The predicted octanol–water partition coefficient (Wildman–Crippen LogP) is 8.72. The van der Waals surface area contributed by atoms with Gasteiger partial charge in [-0.05, 0) is 37.5 Å². The van der Waals surface area contributed by atoms with E-state index >= 15 is 0 Å². The summed E-state index contributed by atoms with van der Waals surface area (Å²) in [7, 11) is 4.30. The van der Waals surface area contributed by atoms with Gasteiger partial charge in [0.2, 0.25) is 6.29 Å². The van der Waals surface area contributed by atoms with Crippen molar-refractivity contribution in [2.24, 2.45) is 5.92 Å². The van der Waals surface area contributed by atoms with Crippen LogP contribution in [0.5, 0.6) is 5.75 Å². The zero-order valence-electron chi connectivity index (χ0n) is 24.9. The average molecular weight is 525 g/mol. The van der Waals surface area contributed by atoms with Gasteiger partial charge in [-0.1, -0.05) is 114 Å². The van der Waals surface area contributed by atoms with Gasteiger partial charge >= 0.3 is 5.97 Å². The highest BCUT2D eigenvalue weighted by Crippen LogP contribution is 2.19. The summed E-state index contributed by atoms with van der Waals surface area (Å²) < 4.78 is 12.2. The van der Waals surface area contributed by atoms with E-state index in [-0.39, 0.29) is 11.9 Å². The molecule has 0 aliphatic rings. The standard InChI is InChI=1S/C34H54NO3/c1-6-7-8-9-10-11-12-13-14-15-17-20-31-23-25-33(26-24-31)37-30(3)38-34(36)29(2)27-35(4,5)28-32-21-18-16-19-22-32/h16,18-19,21-26,29-30H,6-15,17,20,27-28H2,1-5H3/q+1. The van der Waals surface area contributed by atoms with Crippen LogP contribution in [0.3, 0.4) is 0 Å². The number of benzene rings is 2. The summed E-state index contributed by atoms with van der Waals surface area (Å²) >= 11 is 0. The van der Waals surface area contributed by atoms with Gasteiger partial charge in [0, 0.05) is 12.5 Å². The van der Waals surface area contributed by atoms with Crippen LogP contribution < -0.4 is 4.74 Å². The van der Waals surface area contributed by atoms with E-state index in [0.717, 1.165) is 23.2 Å². The van der Waals surface area contributed by atoms with E-state index in [4.69, 9.17) is 9.47 Å². The van der Waals surface area contributed by atoms with Crippen LogP contribution in [0.15, 0.2) is 54.6 Å². The molecule has 0 bridgehead atoms. The molecular weight excluding hydrogens is 470 g/mol. The molecule has 0 aliphatic heterocycles. The van der Waals surface area contributed by atoms with Crippen molar-refractivity contribution >= 4 is 5.97 Å². The Labute approximate surface area is 233 Å². The van der Waals surface area contributed by atoms with Crippen LogP contribution in [0.1, 0.15) is 103 Å². The van der Waals surface area contributed by atoms with Gasteiger partial charge in [-0.15, -0.1) is 0 Å². The molecule has 2 aromatic rings. The third-order valence-electron chi connectivity index (χ3n) is 7.20. The summed E-state index contributed by atoms with van der Waals surface area (Å²) in [5.41, 5.74) is 2.60. The fourth-order valence-electron chi connectivity index (χ4n) is 5.18. The van der Waals surface area contributed by atoms with Gasteiger partial charge in [-0.25, -0.2) is 0 Å². The van der Waals surface area contributed by atoms with Gasteiger partial charge in [-0.2, -0.15) is 0 Å². The number of aryl methyl sites for hydroxylation is 1. The maximum atomic E-state index is 12.7. The molecule has 0 heterocycles. The SMILES string of the molecule is CCCCCCCCCCCCCc1ccc(OC(C)OC(=O)C(C)C[N+](C)(C)Cc2ccccc2)cc1. The molecule has 2 aromatic carbocycles. The minimum absolute atomic E-state index is 0.215. The molecule has 0 saturated heterocycles. The quantitative estimate of drug-likeness (QED) is 0.0752. The first-order valence-electron chi connectivity index (χ1n) is 15.1. The second kappa shape index (κ2) is 18.0. The Morgan fingerprint density at radius 2 is 1.29 bits per heavy atom. The Hall–Kier alpha value is -2.33. The zero-order chi connectivity index (χ0) is 27.6. The van der Waals surface area contributed by atoms with Gasteiger partial charge < -0.3 is 14.0 Å². The minimum atomic E-state index is -0.618. The molecular formula is C34H54NO3+. The van der Waals surface area contributed by atoms with Crippen LogP contribution in [0.2, 0.25) is 0 Å². The Balaban J connectivity index is 1.60. The molecule has 2 atom stereocenters. The van der Waals surface area contributed by atoms with Gasteiger partial charge in [0.1, 0.15) is 18.2 Å². The number of unbranched alkanes of at least 4 members (excludes halogenated alkanes) is 10. The normalized spacial score (nSPS) is 13.2. The van der Waals surface area contributed by atoms with E-state index in [1.54, 1.807) is 6.92 Å². The number of carbonyl (C=O) groups excluding carboxylic acids is 1. The van der Waals surface area contributed by atoms with Gasteiger partial charge in [0.05, 0.1) is 20.6 Å². The Morgan fingerprint density at radius 1 is 0.737 bits per heavy atom. The highest BCUT2D eigenvalue weighted by atomic mass is 16.7. The predicted molar refractivity (Wildman–Crippen MR) is 159 cm³/mol. The Kier molecular flexibility index (Phi) is 15.1. The van der Waals surface area contributed by atoms with Gasteiger partial charge in [0.25, 0.3) is 0 Å². The lowest BCUT2D eigenvalue weighted by atomic mass is 10.0. The summed E-state index contributed by atoms with van der Waals surface area (Å²) in [5.74, 6) is 0.304. The fourth-order valence-corrected chi connectivity index (χ4v) is 5.18. The second-order valence-corrected chi connectivity index (χ2v) is 11.7. The summed E-state index contributed by atoms with van der Waals surface area (Å²) in [6.07, 6.45) is 15.5. The van der Waals surface area contributed by atoms with Crippen molar-refractivity contribution in [1.82, 2.24) is 0 Å². The average Bonchev–Trinajstić information content (AvgIpc) is 2.88. The van der Waals surface area contributed by atoms with Crippen LogP contribution in [-0.2, 0) is 22.5 Å². The third kappa shape index (κ3) is 14.0. The molecule has 0 radical (unpaired) electrons. The first-order chi connectivity index (χ1) is 18.3. The first-order valence-corrected chi connectivity index (χ1v) is 15.1.